The Balaban J connectivity index is 1.57. The second-order valence-corrected chi connectivity index (χ2v) is 9.87. The predicted molar refractivity (Wildman–Crippen MR) is 113 cm³/mol. The molecule has 0 bridgehead atoms. The average Bonchev–Trinajstić information content (AvgIpc) is 2.71. The summed E-state index contributed by atoms with van der Waals surface area (Å²) >= 11 is 5.76. The monoisotopic (exact) mass is 490 g/mol. The predicted octanol–water partition coefficient (Wildman–Crippen LogP) is 3.53. The molecule has 1 heterocycles. The number of carbonyl (C=O) groups is 1. The highest BCUT2D eigenvalue weighted by atomic mass is 35.5. The fourth-order valence-corrected chi connectivity index (χ4v) is 5.37. The van der Waals surface area contributed by atoms with E-state index in [0.717, 1.165) is 6.07 Å². The number of rotatable bonds is 7. The minimum Gasteiger partial charge on any atom is -0.481 e. The van der Waals surface area contributed by atoms with Gasteiger partial charge in [0.05, 0.1) is 21.9 Å². The second kappa shape index (κ2) is 9.78. The van der Waals surface area contributed by atoms with Crippen LogP contribution < -0.4 is 0 Å². The number of benzene rings is 2. The second-order valence-electron chi connectivity index (χ2n) is 7.53. The highest BCUT2D eigenvalue weighted by Gasteiger charge is 2.33. The molecule has 0 aliphatic carbocycles. The van der Waals surface area contributed by atoms with Crippen molar-refractivity contribution in [2.24, 2.45) is 0 Å². The van der Waals surface area contributed by atoms with Crippen LogP contribution in [0.15, 0.2) is 47.4 Å². The molecule has 32 heavy (non-hydrogen) atoms. The van der Waals surface area contributed by atoms with Gasteiger partial charge in [-0.05, 0) is 41.8 Å². The van der Waals surface area contributed by atoms with Gasteiger partial charge < -0.3 is 10.0 Å². The first-order chi connectivity index (χ1) is 15.0. The van der Waals surface area contributed by atoms with Crippen LogP contribution in [0.2, 0.25) is 5.02 Å². The molecule has 0 amide bonds. The van der Waals surface area contributed by atoms with Gasteiger partial charge in [0.1, 0.15) is 0 Å². The van der Waals surface area contributed by atoms with Gasteiger partial charge in [-0.15, -0.1) is 0 Å². The quantitative estimate of drug-likeness (QED) is 0.642. The molecule has 0 atom stereocenters. The Labute approximate surface area is 189 Å². The lowest BCUT2D eigenvalue weighted by molar-refractivity contribution is -0.138. The van der Waals surface area contributed by atoms with Crippen molar-refractivity contribution in [1.82, 2.24) is 9.21 Å². The van der Waals surface area contributed by atoms with Gasteiger partial charge in [0.2, 0.25) is 10.0 Å². The van der Waals surface area contributed by atoms with E-state index in [1.54, 1.807) is 6.07 Å². The zero-order valence-corrected chi connectivity index (χ0v) is 18.6. The molecular formula is C21H22ClF3N2O4S. The Bertz CT molecular complexity index is 1080. The molecule has 2 aromatic carbocycles. The summed E-state index contributed by atoms with van der Waals surface area (Å²) in [4.78, 5) is 13.0. The number of sulfonamides is 1. The summed E-state index contributed by atoms with van der Waals surface area (Å²) in [6, 6.07) is 9.61. The summed E-state index contributed by atoms with van der Waals surface area (Å²) in [7, 11) is -3.75. The largest absolute Gasteiger partial charge is 0.481 e. The van der Waals surface area contributed by atoms with Gasteiger partial charge in [-0.3, -0.25) is 4.79 Å². The number of carboxylic acids is 1. The maximum absolute atomic E-state index is 12.9. The molecule has 174 valence electrons. The average molecular weight is 491 g/mol. The fraction of sp³-hybridized carbons (Fsp3) is 0.381. The van der Waals surface area contributed by atoms with Crippen LogP contribution in [0.3, 0.4) is 0 Å². The number of halogens is 4. The summed E-state index contributed by atoms with van der Waals surface area (Å²) < 4.78 is 65.6. The number of hydrogen-bond acceptors (Lipinski definition) is 4. The van der Waals surface area contributed by atoms with E-state index in [-0.39, 0.29) is 29.4 Å². The molecule has 11 heteroatoms. The molecule has 3 rings (SSSR count). The van der Waals surface area contributed by atoms with Crippen molar-refractivity contribution in [2.75, 3.05) is 32.7 Å². The molecule has 1 aliphatic heterocycles. The third-order valence-electron chi connectivity index (χ3n) is 5.28. The highest BCUT2D eigenvalue weighted by Crippen LogP contribution is 2.35. The van der Waals surface area contributed by atoms with E-state index < -0.39 is 27.7 Å². The van der Waals surface area contributed by atoms with Gasteiger partial charge in [0, 0.05) is 32.7 Å². The van der Waals surface area contributed by atoms with Crippen LogP contribution in [-0.2, 0) is 33.8 Å². The van der Waals surface area contributed by atoms with Gasteiger partial charge in [-0.25, -0.2) is 8.42 Å². The lowest BCUT2D eigenvalue weighted by atomic mass is 10.1. The Hall–Kier alpha value is -2.14. The Morgan fingerprint density at radius 1 is 1.03 bits per heavy atom. The summed E-state index contributed by atoms with van der Waals surface area (Å²) in [6.45, 7) is 2.03. The molecular weight excluding hydrogens is 469 g/mol. The van der Waals surface area contributed by atoms with Gasteiger partial charge in [0.25, 0.3) is 0 Å². The van der Waals surface area contributed by atoms with Crippen LogP contribution in [-0.4, -0.2) is 61.4 Å². The van der Waals surface area contributed by atoms with E-state index in [1.165, 1.54) is 34.6 Å². The Morgan fingerprint density at radius 3 is 2.31 bits per heavy atom. The molecule has 6 nitrogen and oxygen atoms in total. The molecule has 0 radical (unpaired) electrons. The third kappa shape index (κ3) is 6.00. The maximum atomic E-state index is 12.9. The summed E-state index contributed by atoms with van der Waals surface area (Å²) in [5, 5.41) is 8.58. The molecule has 0 aromatic heterocycles. The van der Waals surface area contributed by atoms with E-state index in [4.69, 9.17) is 16.7 Å². The van der Waals surface area contributed by atoms with E-state index in [9.17, 15) is 26.4 Å². The van der Waals surface area contributed by atoms with Crippen molar-refractivity contribution in [3.05, 3.63) is 64.2 Å². The van der Waals surface area contributed by atoms with Crippen LogP contribution >= 0.6 is 11.6 Å². The van der Waals surface area contributed by atoms with Crippen molar-refractivity contribution >= 4 is 27.6 Å². The molecule has 0 saturated carbocycles. The topological polar surface area (TPSA) is 77.9 Å². The summed E-state index contributed by atoms with van der Waals surface area (Å²) in [6.07, 6.45) is -4.27. The maximum Gasteiger partial charge on any atom is 0.417 e. The first kappa shape index (κ1) is 24.5. The Kier molecular flexibility index (Phi) is 7.49. The van der Waals surface area contributed by atoms with Gasteiger partial charge in [-0.2, -0.15) is 17.5 Å². The SMILES string of the molecule is O=C(O)Cc1cccc(S(=O)(=O)N2CCN(CCc3ccc(C(F)(F)F)c(Cl)c3)CC2)c1. The summed E-state index contributed by atoms with van der Waals surface area (Å²) in [5.74, 6) is -1.04. The molecule has 2 aromatic rings. The lowest BCUT2D eigenvalue weighted by Crippen LogP contribution is -2.49. The van der Waals surface area contributed by atoms with Crippen molar-refractivity contribution in [2.45, 2.75) is 23.9 Å². The minimum atomic E-state index is -4.50. The van der Waals surface area contributed by atoms with Gasteiger partial charge in [-0.1, -0.05) is 29.8 Å². The van der Waals surface area contributed by atoms with Crippen molar-refractivity contribution < 1.29 is 31.5 Å². The first-order valence-electron chi connectivity index (χ1n) is 9.85. The first-order valence-corrected chi connectivity index (χ1v) is 11.7. The van der Waals surface area contributed by atoms with Crippen molar-refractivity contribution in [3.8, 4) is 0 Å². The fourth-order valence-electron chi connectivity index (χ4n) is 3.56. The summed E-state index contributed by atoms with van der Waals surface area (Å²) in [5.41, 5.74) is 0.217. The molecule has 1 N–H and O–H groups in total. The van der Waals surface area contributed by atoms with Crippen molar-refractivity contribution in [3.63, 3.8) is 0 Å². The molecule has 1 aliphatic rings. The number of hydrogen-bond donors (Lipinski definition) is 1. The van der Waals surface area contributed by atoms with Crippen LogP contribution in [0.4, 0.5) is 13.2 Å². The molecule has 0 unspecified atom stereocenters. The smallest absolute Gasteiger partial charge is 0.417 e. The van der Waals surface area contributed by atoms with Crippen LogP contribution in [0.1, 0.15) is 16.7 Å². The zero-order valence-electron chi connectivity index (χ0n) is 17.0. The third-order valence-corrected chi connectivity index (χ3v) is 7.49. The lowest BCUT2D eigenvalue weighted by Gasteiger charge is -2.34. The van der Waals surface area contributed by atoms with Gasteiger partial charge in [0.15, 0.2) is 0 Å². The number of aliphatic carboxylic acids is 1. The zero-order chi connectivity index (χ0) is 23.5. The van der Waals surface area contributed by atoms with E-state index in [1.807, 2.05) is 4.90 Å². The van der Waals surface area contributed by atoms with E-state index in [2.05, 4.69) is 0 Å². The van der Waals surface area contributed by atoms with E-state index in [0.29, 0.717) is 37.2 Å². The number of carboxylic acid groups (broad SMARTS) is 1. The molecule has 0 spiro atoms. The highest BCUT2D eigenvalue weighted by molar-refractivity contribution is 7.89. The Morgan fingerprint density at radius 2 is 1.72 bits per heavy atom. The normalized spacial score (nSPS) is 16.2. The number of alkyl halides is 3. The minimum absolute atomic E-state index is 0.0593. The van der Waals surface area contributed by atoms with Crippen LogP contribution in [0.5, 0.6) is 0 Å². The van der Waals surface area contributed by atoms with E-state index >= 15 is 0 Å². The van der Waals surface area contributed by atoms with Crippen LogP contribution in [0, 0.1) is 0 Å². The van der Waals surface area contributed by atoms with Crippen molar-refractivity contribution in [1.29, 1.82) is 0 Å². The van der Waals surface area contributed by atoms with Gasteiger partial charge >= 0.3 is 12.1 Å². The molecule has 1 saturated heterocycles. The number of piperazine rings is 1. The standard InChI is InChI=1S/C21H22ClF3N2O4S/c22-19-13-15(4-5-18(19)21(23,24)25)6-7-26-8-10-27(11-9-26)32(30,31)17-3-1-2-16(12-17)14-20(28)29/h1-5,12-13H,6-11,14H2,(H,28,29). The number of nitrogens with zero attached hydrogens (tertiary/aromatic N) is 2. The molecule has 1 fully saturated rings. The van der Waals surface area contributed by atoms with Crippen LogP contribution in [0.25, 0.3) is 0 Å².